The van der Waals surface area contributed by atoms with E-state index in [2.05, 4.69) is 4.98 Å². The summed E-state index contributed by atoms with van der Waals surface area (Å²) in [5.41, 5.74) is 2.89. The van der Waals surface area contributed by atoms with Crippen molar-refractivity contribution in [2.45, 2.75) is 26.1 Å². The normalized spacial score (nSPS) is 10.8. The molecule has 1 amide bonds. The number of aromatic nitrogens is 1. The van der Waals surface area contributed by atoms with Crippen molar-refractivity contribution >= 4 is 5.91 Å². The quantitative estimate of drug-likeness (QED) is 0.290. The van der Waals surface area contributed by atoms with Crippen molar-refractivity contribution in [2.24, 2.45) is 0 Å². The summed E-state index contributed by atoms with van der Waals surface area (Å²) in [4.78, 5) is 19.1. The van der Waals surface area contributed by atoms with Gasteiger partial charge in [0.15, 0.2) is 5.76 Å². The van der Waals surface area contributed by atoms with Crippen LogP contribution >= 0.6 is 0 Å². The van der Waals surface area contributed by atoms with Crippen LogP contribution in [0.5, 0.6) is 5.75 Å². The molecule has 0 saturated heterocycles. The summed E-state index contributed by atoms with van der Waals surface area (Å²) < 4.78 is 29.8. The van der Waals surface area contributed by atoms with Gasteiger partial charge in [0.05, 0.1) is 6.61 Å². The van der Waals surface area contributed by atoms with E-state index in [0.717, 1.165) is 16.7 Å². The van der Waals surface area contributed by atoms with E-state index >= 15 is 0 Å². The van der Waals surface area contributed by atoms with Crippen molar-refractivity contribution in [3.8, 4) is 5.75 Å². The molecule has 0 atom stereocenters. The van der Waals surface area contributed by atoms with Crippen LogP contribution in [0.3, 0.4) is 0 Å². The molecule has 0 aliphatic heterocycles. The second-order valence-corrected chi connectivity index (χ2v) is 8.09. The third kappa shape index (κ3) is 7.01. The summed E-state index contributed by atoms with van der Waals surface area (Å²) in [5, 5.41) is 0. The number of methoxy groups -OCH3 is 1. The number of nitrogens with zero attached hydrogens (tertiary/aromatic N) is 2. The number of pyridine rings is 1. The Kier molecular flexibility index (Phi) is 8.25. The minimum absolute atomic E-state index is 0.216. The van der Waals surface area contributed by atoms with Crippen LogP contribution in [0.1, 0.15) is 33.0 Å². The fraction of sp³-hybridized carbons (Fsp3) is 0.214. The van der Waals surface area contributed by atoms with Crippen LogP contribution in [0.25, 0.3) is 0 Å². The molecule has 2 aromatic carbocycles. The second kappa shape index (κ2) is 11.9. The number of furan rings is 1. The molecule has 0 aliphatic rings. The van der Waals surface area contributed by atoms with Gasteiger partial charge in [-0.1, -0.05) is 24.3 Å². The second-order valence-electron chi connectivity index (χ2n) is 8.09. The van der Waals surface area contributed by atoms with Crippen molar-refractivity contribution in [3.05, 3.63) is 119 Å². The van der Waals surface area contributed by atoms with Gasteiger partial charge in [-0.15, -0.1) is 0 Å². The topological polar surface area (TPSA) is 64.8 Å². The van der Waals surface area contributed by atoms with Crippen molar-refractivity contribution in [3.63, 3.8) is 0 Å². The van der Waals surface area contributed by atoms with Crippen LogP contribution in [-0.2, 0) is 30.9 Å². The Labute approximate surface area is 203 Å². The van der Waals surface area contributed by atoms with Gasteiger partial charge in [0.25, 0.3) is 5.91 Å². The Morgan fingerprint density at radius 3 is 2.49 bits per heavy atom. The first-order chi connectivity index (χ1) is 17.1. The zero-order valence-electron chi connectivity index (χ0n) is 19.5. The zero-order chi connectivity index (χ0) is 24.5. The number of amides is 1. The number of carbonyl (C=O) groups excluding carboxylic acids is 1. The van der Waals surface area contributed by atoms with E-state index in [4.69, 9.17) is 13.9 Å². The zero-order valence-corrected chi connectivity index (χ0v) is 19.5. The minimum Gasteiger partial charge on any atom is -0.493 e. The number of benzene rings is 2. The van der Waals surface area contributed by atoms with Crippen molar-refractivity contribution in [1.29, 1.82) is 0 Å². The van der Waals surface area contributed by atoms with Gasteiger partial charge >= 0.3 is 0 Å². The molecule has 0 aliphatic carbocycles. The molecule has 4 aromatic rings. The molecule has 4 rings (SSSR count). The summed E-state index contributed by atoms with van der Waals surface area (Å²) >= 11 is 0. The lowest BCUT2D eigenvalue weighted by Gasteiger charge is -2.22. The first kappa shape index (κ1) is 24.2. The van der Waals surface area contributed by atoms with Crippen LogP contribution < -0.4 is 4.74 Å². The number of hydrogen-bond donors (Lipinski definition) is 0. The van der Waals surface area contributed by atoms with E-state index < -0.39 is 0 Å². The number of hydrogen-bond acceptors (Lipinski definition) is 5. The molecule has 35 heavy (non-hydrogen) atoms. The lowest BCUT2D eigenvalue weighted by molar-refractivity contribution is 0.0689. The molecule has 2 aromatic heterocycles. The van der Waals surface area contributed by atoms with Crippen LogP contribution in [0.4, 0.5) is 4.39 Å². The molecule has 0 saturated carbocycles. The Balaban J connectivity index is 1.45. The lowest BCUT2D eigenvalue weighted by Crippen LogP contribution is -2.30. The van der Waals surface area contributed by atoms with Gasteiger partial charge in [-0.05, 0) is 65.2 Å². The molecule has 0 bridgehead atoms. The predicted octanol–water partition coefficient (Wildman–Crippen LogP) is 5.42. The average molecular weight is 475 g/mol. The Morgan fingerprint density at radius 1 is 0.943 bits per heavy atom. The van der Waals surface area contributed by atoms with Gasteiger partial charge in [0.1, 0.15) is 23.9 Å². The largest absolute Gasteiger partial charge is 0.493 e. The Bertz CT molecular complexity index is 1230. The Hall–Kier alpha value is -3.97. The SMILES string of the molecule is COCc1ccc(C(=O)N(Cc2ccncc2)Cc2cccc(OCCc3ccc(F)cc3)c2)o1. The molecule has 180 valence electrons. The summed E-state index contributed by atoms with van der Waals surface area (Å²) in [5.74, 6) is 1.10. The molecule has 2 heterocycles. The number of rotatable bonds is 11. The highest BCUT2D eigenvalue weighted by Gasteiger charge is 2.20. The fourth-order valence-electron chi connectivity index (χ4n) is 3.67. The average Bonchev–Trinajstić information content (AvgIpc) is 3.34. The van der Waals surface area contributed by atoms with Crippen molar-refractivity contribution in [2.75, 3.05) is 13.7 Å². The number of carbonyl (C=O) groups is 1. The highest BCUT2D eigenvalue weighted by Crippen LogP contribution is 2.20. The van der Waals surface area contributed by atoms with Crippen LogP contribution in [0.15, 0.2) is 89.6 Å². The van der Waals surface area contributed by atoms with E-state index in [1.165, 1.54) is 12.1 Å². The maximum Gasteiger partial charge on any atom is 0.290 e. The predicted molar refractivity (Wildman–Crippen MR) is 129 cm³/mol. The van der Waals surface area contributed by atoms with E-state index in [-0.39, 0.29) is 17.5 Å². The minimum atomic E-state index is -0.252. The first-order valence-electron chi connectivity index (χ1n) is 11.3. The molecule has 0 spiro atoms. The maximum atomic E-state index is 13.3. The lowest BCUT2D eigenvalue weighted by atomic mass is 10.1. The molecule has 0 fully saturated rings. The highest BCUT2D eigenvalue weighted by molar-refractivity contribution is 5.91. The van der Waals surface area contributed by atoms with Crippen LogP contribution in [0.2, 0.25) is 0 Å². The van der Waals surface area contributed by atoms with Gasteiger partial charge < -0.3 is 18.8 Å². The van der Waals surface area contributed by atoms with Gasteiger partial charge in [0, 0.05) is 39.0 Å². The highest BCUT2D eigenvalue weighted by atomic mass is 19.1. The van der Waals surface area contributed by atoms with E-state index in [0.29, 0.717) is 44.2 Å². The third-order valence-corrected chi connectivity index (χ3v) is 5.41. The van der Waals surface area contributed by atoms with Gasteiger partial charge in [-0.2, -0.15) is 0 Å². The Morgan fingerprint density at radius 2 is 1.71 bits per heavy atom. The molecule has 0 N–H and O–H groups in total. The van der Waals surface area contributed by atoms with E-state index in [1.807, 2.05) is 36.4 Å². The summed E-state index contributed by atoms with van der Waals surface area (Å²) in [6.07, 6.45) is 4.08. The van der Waals surface area contributed by atoms with Crippen LogP contribution in [0, 0.1) is 5.82 Å². The molecule has 0 unspecified atom stereocenters. The number of halogens is 1. The first-order valence-corrected chi connectivity index (χ1v) is 11.3. The van der Waals surface area contributed by atoms with Crippen LogP contribution in [-0.4, -0.2) is 29.5 Å². The van der Waals surface area contributed by atoms with E-state index in [9.17, 15) is 9.18 Å². The summed E-state index contributed by atoms with van der Waals surface area (Å²) in [6.45, 7) is 1.53. The molecular weight excluding hydrogens is 447 g/mol. The van der Waals surface area contributed by atoms with Gasteiger partial charge in [-0.25, -0.2) is 4.39 Å². The van der Waals surface area contributed by atoms with E-state index in [1.54, 1.807) is 48.7 Å². The molecule has 7 heteroatoms. The molecular formula is C28H27FN2O4. The monoisotopic (exact) mass is 474 g/mol. The molecule has 6 nitrogen and oxygen atoms in total. The maximum absolute atomic E-state index is 13.3. The summed E-state index contributed by atoms with van der Waals surface area (Å²) in [6, 6.07) is 21.3. The molecule has 0 radical (unpaired) electrons. The summed E-state index contributed by atoms with van der Waals surface area (Å²) in [7, 11) is 1.58. The number of ether oxygens (including phenoxy) is 2. The standard InChI is InChI=1S/C28H27FN2O4/c1-33-20-26-9-10-27(35-26)28(32)31(18-22-11-14-30-15-12-22)19-23-3-2-4-25(17-23)34-16-13-21-5-7-24(29)8-6-21/h2-12,14-15,17H,13,16,18-20H2,1H3. The third-order valence-electron chi connectivity index (χ3n) is 5.41. The van der Waals surface area contributed by atoms with Crippen molar-refractivity contribution in [1.82, 2.24) is 9.88 Å². The van der Waals surface area contributed by atoms with Crippen molar-refractivity contribution < 1.29 is 23.1 Å². The fourth-order valence-corrected chi connectivity index (χ4v) is 3.67. The van der Waals surface area contributed by atoms with Gasteiger partial charge in [0.2, 0.25) is 0 Å². The van der Waals surface area contributed by atoms with Gasteiger partial charge in [-0.3, -0.25) is 9.78 Å². The smallest absolute Gasteiger partial charge is 0.290 e.